The van der Waals surface area contributed by atoms with E-state index in [0.29, 0.717) is 5.88 Å². The number of methoxy groups -OCH3 is 1. The van der Waals surface area contributed by atoms with Gasteiger partial charge in [0.05, 0.1) is 19.5 Å². The van der Waals surface area contributed by atoms with Crippen LogP contribution in [0.1, 0.15) is 25.7 Å². The van der Waals surface area contributed by atoms with Gasteiger partial charge in [0, 0.05) is 19.1 Å². The molecule has 1 aromatic heterocycles. The molecule has 2 heterocycles. The highest BCUT2D eigenvalue weighted by Gasteiger charge is 2.24. The smallest absolute Gasteiger partial charge is 0.233 e. The molecule has 0 bridgehead atoms. The molecule has 3 rings (SSSR count). The molecular weight excluding hydrogens is 240 g/mol. The predicted octanol–water partition coefficient (Wildman–Crippen LogP) is 1.45. The van der Waals surface area contributed by atoms with Gasteiger partial charge in [0.15, 0.2) is 5.82 Å². The molecule has 2 fully saturated rings. The maximum Gasteiger partial charge on any atom is 0.233 e. The molecule has 5 heteroatoms. The van der Waals surface area contributed by atoms with Crippen molar-refractivity contribution in [2.45, 2.75) is 31.7 Å². The summed E-state index contributed by atoms with van der Waals surface area (Å²) in [6.07, 6.45) is 8.69. The minimum Gasteiger partial charge on any atom is -0.480 e. The summed E-state index contributed by atoms with van der Waals surface area (Å²) >= 11 is 0. The number of hydrogen-bond acceptors (Lipinski definition) is 5. The molecule has 0 atom stereocenters. The Balaban J connectivity index is 1.50. The van der Waals surface area contributed by atoms with E-state index in [1.165, 1.54) is 32.2 Å². The van der Waals surface area contributed by atoms with Crippen LogP contribution in [-0.2, 0) is 0 Å². The first kappa shape index (κ1) is 12.7. The molecule has 0 unspecified atom stereocenters. The van der Waals surface area contributed by atoms with Crippen LogP contribution >= 0.6 is 0 Å². The van der Waals surface area contributed by atoms with Crippen molar-refractivity contribution in [3.63, 3.8) is 0 Å². The SMILES string of the molecule is COc1cncc(N2CCC(CNC3CC3)CC2)n1. The fourth-order valence-corrected chi connectivity index (χ4v) is 2.58. The van der Waals surface area contributed by atoms with Crippen molar-refractivity contribution in [1.82, 2.24) is 15.3 Å². The van der Waals surface area contributed by atoms with E-state index in [0.717, 1.165) is 30.9 Å². The third-order valence-corrected chi connectivity index (χ3v) is 4.02. The third kappa shape index (κ3) is 3.35. The summed E-state index contributed by atoms with van der Waals surface area (Å²) < 4.78 is 5.13. The van der Waals surface area contributed by atoms with Crippen LogP contribution in [0.15, 0.2) is 12.4 Å². The van der Waals surface area contributed by atoms with Crippen molar-refractivity contribution in [2.75, 3.05) is 31.6 Å². The molecule has 0 radical (unpaired) electrons. The first-order chi connectivity index (χ1) is 9.35. The standard InChI is InChI=1S/C14H22N4O/c1-19-14-10-15-9-13(17-14)18-6-4-11(5-7-18)8-16-12-2-3-12/h9-12,16H,2-8H2,1H3. The lowest BCUT2D eigenvalue weighted by Gasteiger charge is -2.32. The van der Waals surface area contributed by atoms with Gasteiger partial charge >= 0.3 is 0 Å². The van der Waals surface area contributed by atoms with Crippen molar-refractivity contribution in [3.8, 4) is 5.88 Å². The summed E-state index contributed by atoms with van der Waals surface area (Å²) in [5, 5.41) is 3.63. The van der Waals surface area contributed by atoms with E-state index in [1.54, 1.807) is 13.3 Å². The van der Waals surface area contributed by atoms with Crippen LogP contribution < -0.4 is 15.0 Å². The Kier molecular flexibility index (Phi) is 3.82. The van der Waals surface area contributed by atoms with Crippen LogP contribution in [0.5, 0.6) is 5.88 Å². The number of anilines is 1. The molecule has 0 amide bonds. The van der Waals surface area contributed by atoms with Crippen LogP contribution in [0.25, 0.3) is 0 Å². The van der Waals surface area contributed by atoms with Crippen molar-refractivity contribution in [3.05, 3.63) is 12.4 Å². The molecule has 1 aliphatic carbocycles. The van der Waals surface area contributed by atoms with Crippen LogP contribution in [0, 0.1) is 5.92 Å². The second-order valence-corrected chi connectivity index (χ2v) is 5.53. The lowest BCUT2D eigenvalue weighted by Crippen LogP contribution is -2.38. The minimum absolute atomic E-state index is 0.593. The van der Waals surface area contributed by atoms with Crippen LogP contribution in [-0.4, -0.2) is 42.8 Å². The van der Waals surface area contributed by atoms with E-state index in [-0.39, 0.29) is 0 Å². The molecule has 1 N–H and O–H groups in total. The summed E-state index contributed by atoms with van der Waals surface area (Å²) in [6, 6.07) is 0.822. The number of nitrogens with zero attached hydrogens (tertiary/aromatic N) is 3. The van der Waals surface area contributed by atoms with Gasteiger partial charge in [0.1, 0.15) is 0 Å². The zero-order valence-electron chi connectivity index (χ0n) is 11.5. The van der Waals surface area contributed by atoms with Crippen molar-refractivity contribution in [2.24, 2.45) is 5.92 Å². The van der Waals surface area contributed by atoms with Gasteiger partial charge in [-0.2, -0.15) is 4.98 Å². The van der Waals surface area contributed by atoms with Crippen molar-refractivity contribution in [1.29, 1.82) is 0 Å². The molecule has 1 aromatic rings. The van der Waals surface area contributed by atoms with Crippen molar-refractivity contribution < 1.29 is 4.74 Å². The molecule has 104 valence electrons. The predicted molar refractivity (Wildman–Crippen MR) is 74.5 cm³/mol. The number of aromatic nitrogens is 2. The van der Waals surface area contributed by atoms with E-state index < -0.39 is 0 Å². The molecule has 1 aliphatic heterocycles. The lowest BCUT2D eigenvalue weighted by molar-refractivity contribution is 0.376. The molecule has 5 nitrogen and oxygen atoms in total. The van der Waals surface area contributed by atoms with E-state index in [4.69, 9.17) is 4.74 Å². The molecule has 1 saturated carbocycles. The summed E-state index contributed by atoms with van der Waals surface area (Å²) in [5.41, 5.74) is 0. The fraction of sp³-hybridized carbons (Fsp3) is 0.714. The molecular formula is C14H22N4O. The average Bonchev–Trinajstić information content (AvgIpc) is 3.30. The van der Waals surface area contributed by atoms with Crippen LogP contribution in [0.4, 0.5) is 5.82 Å². The molecule has 2 aliphatic rings. The van der Waals surface area contributed by atoms with Gasteiger partial charge in [0.2, 0.25) is 5.88 Å². The highest BCUT2D eigenvalue weighted by atomic mass is 16.5. The summed E-state index contributed by atoms with van der Waals surface area (Å²) in [6.45, 7) is 3.32. The molecule has 0 spiro atoms. The Morgan fingerprint density at radius 2 is 2.05 bits per heavy atom. The number of hydrogen-bond donors (Lipinski definition) is 1. The normalized spacial score (nSPS) is 20.6. The average molecular weight is 262 g/mol. The van der Waals surface area contributed by atoms with E-state index in [1.807, 2.05) is 6.20 Å². The monoisotopic (exact) mass is 262 g/mol. The number of piperidine rings is 1. The third-order valence-electron chi connectivity index (χ3n) is 4.02. The Morgan fingerprint density at radius 1 is 1.26 bits per heavy atom. The summed E-state index contributed by atoms with van der Waals surface area (Å²) in [7, 11) is 1.63. The minimum atomic E-state index is 0.593. The van der Waals surface area contributed by atoms with Gasteiger partial charge in [-0.25, -0.2) is 0 Å². The molecule has 1 saturated heterocycles. The second-order valence-electron chi connectivity index (χ2n) is 5.53. The highest BCUT2D eigenvalue weighted by Crippen LogP contribution is 2.24. The molecule has 19 heavy (non-hydrogen) atoms. The second kappa shape index (κ2) is 5.74. The number of nitrogens with one attached hydrogen (secondary N) is 1. The van der Waals surface area contributed by atoms with Crippen molar-refractivity contribution >= 4 is 5.82 Å². The lowest BCUT2D eigenvalue weighted by atomic mass is 9.97. The Hall–Kier alpha value is -1.36. The van der Waals surface area contributed by atoms with Gasteiger partial charge in [-0.3, -0.25) is 4.98 Å². The Bertz CT molecular complexity index is 414. The maximum absolute atomic E-state index is 5.13. The number of rotatable bonds is 5. The zero-order valence-corrected chi connectivity index (χ0v) is 11.5. The van der Waals surface area contributed by atoms with Crippen LogP contribution in [0.3, 0.4) is 0 Å². The van der Waals surface area contributed by atoms with E-state index in [9.17, 15) is 0 Å². The summed E-state index contributed by atoms with van der Waals surface area (Å²) in [4.78, 5) is 10.9. The topological polar surface area (TPSA) is 50.3 Å². The van der Waals surface area contributed by atoms with Crippen LogP contribution in [0.2, 0.25) is 0 Å². The number of ether oxygens (including phenoxy) is 1. The first-order valence-corrected chi connectivity index (χ1v) is 7.19. The quantitative estimate of drug-likeness (QED) is 0.870. The first-order valence-electron chi connectivity index (χ1n) is 7.19. The van der Waals surface area contributed by atoms with Gasteiger partial charge in [-0.05, 0) is 38.1 Å². The van der Waals surface area contributed by atoms with Gasteiger partial charge < -0.3 is 15.0 Å². The van der Waals surface area contributed by atoms with Gasteiger partial charge in [-0.15, -0.1) is 0 Å². The fourth-order valence-electron chi connectivity index (χ4n) is 2.58. The maximum atomic E-state index is 5.13. The van der Waals surface area contributed by atoms with E-state index in [2.05, 4.69) is 20.2 Å². The highest BCUT2D eigenvalue weighted by molar-refractivity contribution is 5.37. The van der Waals surface area contributed by atoms with Gasteiger partial charge in [-0.1, -0.05) is 0 Å². The molecule has 0 aromatic carbocycles. The van der Waals surface area contributed by atoms with Gasteiger partial charge in [0.25, 0.3) is 0 Å². The summed E-state index contributed by atoms with van der Waals surface area (Å²) in [5.74, 6) is 2.35. The Morgan fingerprint density at radius 3 is 2.74 bits per heavy atom. The Labute approximate surface area is 114 Å². The largest absolute Gasteiger partial charge is 0.480 e. The van der Waals surface area contributed by atoms with E-state index >= 15 is 0 Å². The zero-order chi connectivity index (χ0) is 13.1.